The van der Waals surface area contributed by atoms with E-state index in [9.17, 15) is 9.59 Å². The van der Waals surface area contributed by atoms with Crippen molar-refractivity contribution < 1.29 is 14.3 Å². The molecule has 1 fully saturated rings. The summed E-state index contributed by atoms with van der Waals surface area (Å²) < 4.78 is 5.44. The average Bonchev–Trinajstić information content (AvgIpc) is 2.78. The van der Waals surface area contributed by atoms with Crippen LogP contribution in [0.25, 0.3) is 0 Å². The normalized spacial score (nSPS) is 19.0. The van der Waals surface area contributed by atoms with Crippen molar-refractivity contribution >= 4 is 11.9 Å². The number of amides is 1. The van der Waals surface area contributed by atoms with Crippen LogP contribution in [0.1, 0.15) is 43.9 Å². The van der Waals surface area contributed by atoms with Gasteiger partial charge >= 0.3 is 5.97 Å². The summed E-state index contributed by atoms with van der Waals surface area (Å²) in [5.41, 5.74) is 1.37. The highest BCUT2D eigenvalue weighted by Gasteiger charge is 2.44. The average molecular weight is 396 g/mol. The fraction of sp³-hybridized carbons (Fsp3) is 0.478. The van der Waals surface area contributed by atoms with Crippen molar-refractivity contribution in [1.82, 2.24) is 14.9 Å². The predicted octanol–water partition coefficient (Wildman–Crippen LogP) is 3.21. The van der Waals surface area contributed by atoms with Gasteiger partial charge in [0.25, 0.3) is 0 Å². The number of carbonyl (C=O) groups is 2. The maximum Gasteiger partial charge on any atom is 0.313 e. The first kappa shape index (κ1) is 21.0. The van der Waals surface area contributed by atoms with Crippen molar-refractivity contribution in [2.75, 3.05) is 19.7 Å². The molecule has 29 heavy (non-hydrogen) atoms. The van der Waals surface area contributed by atoms with E-state index in [0.717, 1.165) is 25.0 Å². The van der Waals surface area contributed by atoms with Gasteiger partial charge in [-0.25, -0.2) is 0 Å². The first-order valence-electron chi connectivity index (χ1n) is 10.4. The first-order valence-corrected chi connectivity index (χ1v) is 10.4. The van der Waals surface area contributed by atoms with Crippen LogP contribution in [-0.2, 0) is 27.2 Å². The molecule has 154 valence electrons. The molecule has 2 heterocycles. The summed E-state index contributed by atoms with van der Waals surface area (Å²) in [7, 11) is 0. The lowest BCUT2D eigenvalue weighted by Crippen LogP contribution is -2.50. The molecule has 0 unspecified atom stereocenters. The lowest BCUT2D eigenvalue weighted by molar-refractivity contribution is -0.161. The Morgan fingerprint density at radius 1 is 1.17 bits per heavy atom. The summed E-state index contributed by atoms with van der Waals surface area (Å²) in [5.74, 6) is -0.119. The lowest BCUT2D eigenvalue weighted by Gasteiger charge is -2.41. The molecule has 0 saturated carbocycles. The molecule has 1 amide bonds. The van der Waals surface area contributed by atoms with Crippen molar-refractivity contribution in [2.24, 2.45) is 5.41 Å². The smallest absolute Gasteiger partial charge is 0.313 e. The summed E-state index contributed by atoms with van der Waals surface area (Å²) in [6.45, 7) is 3.30. The van der Waals surface area contributed by atoms with E-state index in [1.54, 1.807) is 18.6 Å². The van der Waals surface area contributed by atoms with Crippen LogP contribution in [0.15, 0.2) is 48.9 Å². The van der Waals surface area contributed by atoms with Gasteiger partial charge in [0.15, 0.2) is 0 Å². The Hall–Kier alpha value is -2.76. The molecule has 1 aromatic carbocycles. The predicted molar refractivity (Wildman–Crippen MR) is 110 cm³/mol. The third kappa shape index (κ3) is 5.62. The number of aromatic nitrogens is 2. The Kier molecular flexibility index (Phi) is 7.33. The molecule has 0 aliphatic carbocycles. The number of benzene rings is 1. The highest BCUT2D eigenvalue weighted by Crippen LogP contribution is 2.36. The van der Waals surface area contributed by atoms with E-state index in [4.69, 9.17) is 4.74 Å². The Morgan fingerprint density at radius 3 is 2.72 bits per heavy atom. The zero-order valence-electron chi connectivity index (χ0n) is 17.0. The molecule has 1 saturated heterocycles. The van der Waals surface area contributed by atoms with Gasteiger partial charge in [-0.1, -0.05) is 30.3 Å². The monoisotopic (exact) mass is 395 g/mol. The van der Waals surface area contributed by atoms with Gasteiger partial charge in [0, 0.05) is 38.1 Å². The summed E-state index contributed by atoms with van der Waals surface area (Å²) in [4.78, 5) is 35.9. The van der Waals surface area contributed by atoms with Gasteiger partial charge < -0.3 is 9.64 Å². The van der Waals surface area contributed by atoms with Gasteiger partial charge in [-0.15, -0.1) is 0 Å². The largest absolute Gasteiger partial charge is 0.466 e. The minimum absolute atomic E-state index is 0.0590. The number of aryl methyl sites for hydroxylation is 2. The molecular formula is C23H29N3O3. The van der Waals surface area contributed by atoms with Gasteiger partial charge in [0.1, 0.15) is 0 Å². The zero-order chi connectivity index (χ0) is 20.5. The molecule has 6 nitrogen and oxygen atoms in total. The van der Waals surface area contributed by atoms with E-state index < -0.39 is 5.41 Å². The maximum absolute atomic E-state index is 12.9. The van der Waals surface area contributed by atoms with Gasteiger partial charge in [0.2, 0.25) is 5.91 Å². The number of hydrogen-bond acceptors (Lipinski definition) is 5. The summed E-state index contributed by atoms with van der Waals surface area (Å²) >= 11 is 0. The number of hydrogen-bond donors (Lipinski definition) is 0. The molecule has 3 rings (SSSR count). The maximum atomic E-state index is 12.9. The van der Waals surface area contributed by atoms with Gasteiger partial charge in [0.05, 0.1) is 17.7 Å². The zero-order valence-corrected chi connectivity index (χ0v) is 17.0. The van der Waals surface area contributed by atoms with Gasteiger partial charge in [-0.2, -0.15) is 0 Å². The van der Waals surface area contributed by atoms with Gasteiger partial charge in [-0.3, -0.25) is 19.6 Å². The Bertz CT molecular complexity index is 798. The highest BCUT2D eigenvalue weighted by molar-refractivity contribution is 5.81. The van der Waals surface area contributed by atoms with E-state index in [-0.39, 0.29) is 11.9 Å². The second-order valence-electron chi connectivity index (χ2n) is 7.60. The molecule has 1 aromatic heterocycles. The summed E-state index contributed by atoms with van der Waals surface area (Å²) in [5, 5.41) is 0. The SMILES string of the molecule is CCOC(=O)[C@]1(CCc2ccccc2)CCCN(C(=O)CCc2cnccn2)C1. The minimum atomic E-state index is -0.633. The van der Waals surface area contributed by atoms with Crippen LogP contribution in [0.5, 0.6) is 0 Å². The van der Waals surface area contributed by atoms with Crippen LogP contribution in [0.4, 0.5) is 0 Å². The Morgan fingerprint density at radius 2 is 2.00 bits per heavy atom. The topological polar surface area (TPSA) is 72.4 Å². The van der Waals surface area contributed by atoms with Gasteiger partial charge in [-0.05, 0) is 44.6 Å². The highest BCUT2D eigenvalue weighted by atomic mass is 16.5. The minimum Gasteiger partial charge on any atom is -0.466 e. The van der Waals surface area contributed by atoms with Crippen LogP contribution in [-0.4, -0.2) is 46.4 Å². The van der Waals surface area contributed by atoms with E-state index in [0.29, 0.717) is 39.0 Å². The lowest BCUT2D eigenvalue weighted by atomic mass is 9.75. The fourth-order valence-corrected chi connectivity index (χ4v) is 3.98. The molecule has 1 aliphatic heterocycles. The number of esters is 1. The number of piperidine rings is 1. The second-order valence-corrected chi connectivity index (χ2v) is 7.60. The third-order valence-electron chi connectivity index (χ3n) is 5.58. The van der Waals surface area contributed by atoms with Crippen LogP contribution < -0.4 is 0 Å². The van der Waals surface area contributed by atoms with Crippen LogP contribution in [0.3, 0.4) is 0 Å². The Labute approximate surface area is 172 Å². The molecule has 0 N–H and O–H groups in total. The number of likely N-dealkylation sites (tertiary alicyclic amines) is 1. The molecule has 0 radical (unpaired) electrons. The molecule has 6 heteroatoms. The van der Waals surface area contributed by atoms with Crippen molar-refractivity contribution in [3.05, 3.63) is 60.2 Å². The van der Waals surface area contributed by atoms with E-state index in [2.05, 4.69) is 22.1 Å². The van der Waals surface area contributed by atoms with E-state index >= 15 is 0 Å². The molecule has 1 aliphatic rings. The van der Waals surface area contributed by atoms with E-state index in [1.165, 1.54) is 5.56 Å². The quantitative estimate of drug-likeness (QED) is 0.642. The fourth-order valence-electron chi connectivity index (χ4n) is 3.98. The standard InChI is InChI=1S/C23H29N3O3/c1-2-29-22(28)23(13-11-19-7-4-3-5-8-19)12-6-16-26(18-23)21(27)10-9-20-17-24-14-15-25-20/h3-5,7-8,14-15,17H,2,6,9-13,16,18H2,1H3/t23-/m0/s1. The summed E-state index contributed by atoms with van der Waals surface area (Å²) in [6.07, 6.45) is 8.91. The molecule has 0 spiro atoms. The molecule has 0 bridgehead atoms. The molecular weight excluding hydrogens is 366 g/mol. The van der Waals surface area contributed by atoms with Crippen molar-refractivity contribution in [3.63, 3.8) is 0 Å². The number of nitrogens with zero attached hydrogens (tertiary/aromatic N) is 3. The van der Waals surface area contributed by atoms with E-state index in [1.807, 2.05) is 30.0 Å². The van der Waals surface area contributed by atoms with Crippen LogP contribution in [0, 0.1) is 5.41 Å². The third-order valence-corrected chi connectivity index (χ3v) is 5.58. The number of carbonyl (C=O) groups excluding carboxylic acids is 2. The molecule has 1 atom stereocenters. The molecule has 2 aromatic rings. The van der Waals surface area contributed by atoms with Crippen LogP contribution >= 0.6 is 0 Å². The number of rotatable bonds is 8. The van der Waals surface area contributed by atoms with Crippen molar-refractivity contribution in [3.8, 4) is 0 Å². The van der Waals surface area contributed by atoms with Crippen molar-refractivity contribution in [1.29, 1.82) is 0 Å². The van der Waals surface area contributed by atoms with Crippen LogP contribution in [0.2, 0.25) is 0 Å². The Balaban J connectivity index is 1.67. The van der Waals surface area contributed by atoms with Crippen molar-refractivity contribution in [2.45, 2.75) is 45.4 Å². The first-order chi connectivity index (χ1) is 14.1. The summed E-state index contributed by atoms with van der Waals surface area (Å²) in [6, 6.07) is 10.2. The second kappa shape index (κ2) is 10.1. The number of ether oxygens (including phenoxy) is 1.